The molecule has 1 spiro atoms. The molecular formula is C81H68N4O6. The van der Waals surface area contributed by atoms with Crippen molar-refractivity contribution >= 4 is 68.2 Å². The smallest absolute Gasteiger partial charge is 0.119 e. The summed E-state index contributed by atoms with van der Waals surface area (Å²) in [6.07, 6.45) is 0. The van der Waals surface area contributed by atoms with E-state index in [1.807, 2.05) is 72.8 Å². The van der Waals surface area contributed by atoms with Gasteiger partial charge in [-0.3, -0.25) is 0 Å². The van der Waals surface area contributed by atoms with E-state index in [1.54, 1.807) is 42.7 Å². The molecule has 10 nitrogen and oxygen atoms in total. The van der Waals surface area contributed by atoms with Crippen molar-refractivity contribution in [3.05, 3.63) is 300 Å². The van der Waals surface area contributed by atoms with Crippen LogP contribution in [0.5, 0.6) is 34.5 Å². The summed E-state index contributed by atoms with van der Waals surface area (Å²) < 4.78 is 34.5. The van der Waals surface area contributed by atoms with E-state index in [0.717, 1.165) is 147 Å². The second kappa shape index (κ2) is 24.0. The molecule has 0 aromatic heterocycles. The molecular weight excluding hydrogens is 1120 g/mol. The maximum Gasteiger partial charge on any atom is 0.119 e. The van der Waals surface area contributed by atoms with Crippen molar-refractivity contribution in [1.82, 2.24) is 0 Å². The minimum Gasteiger partial charge on any atom is -0.497 e. The average molecular weight is 1190 g/mol. The zero-order valence-electron chi connectivity index (χ0n) is 52.1. The van der Waals surface area contributed by atoms with Gasteiger partial charge in [-0.05, 0) is 277 Å². The Labute approximate surface area is 532 Å². The highest BCUT2D eigenvalue weighted by molar-refractivity contribution is 6.00. The van der Waals surface area contributed by atoms with Gasteiger partial charge in [0.05, 0.1) is 48.1 Å². The molecule has 0 bridgehead atoms. The van der Waals surface area contributed by atoms with Crippen molar-refractivity contribution in [3.63, 3.8) is 0 Å². The van der Waals surface area contributed by atoms with Gasteiger partial charge >= 0.3 is 0 Å². The number of benzene rings is 12. The zero-order valence-corrected chi connectivity index (χ0v) is 52.1. The van der Waals surface area contributed by atoms with Crippen LogP contribution in [0.15, 0.2) is 267 Å². The third kappa shape index (κ3) is 10.2. The summed E-state index contributed by atoms with van der Waals surface area (Å²) >= 11 is 0. The molecule has 10 heteroatoms. The predicted molar refractivity (Wildman–Crippen MR) is 370 cm³/mol. The van der Waals surface area contributed by atoms with Gasteiger partial charge in [-0.1, -0.05) is 59.7 Å². The van der Waals surface area contributed by atoms with Crippen LogP contribution in [0.3, 0.4) is 0 Å². The fourth-order valence-electron chi connectivity index (χ4n) is 13.3. The number of fused-ring (bicyclic) bond motifs is 10. The van der Waals surface area contributed by atoms with E-state index in [9.17, 15) is 0 Å². The highest BCUT2D eigenvalue weighted by atomic mass is 16.5. The predicted octanol–water partition coefficient (Wildman–Crippen LogP) is 20.6. The number of ether oxygens (including phenoxy) is 6. The Hall–Kier alpha value is -11.4. The largest absolute Gasteiger partial charge is 0.497 e. The Morgan fingerprint density at radius 1 is 0.198 bits per heavy atom. The summed E-state index contributed by atoms with van der Waals surface area (Å²) in [7, 11) is 10.2. The van der Waals surface area contributed by atoms with E-state index < -0.39 is 5.41 Å². The van der Waals surface area contributed by atoms with Crippen LogP contribution < -0.4 is 48.0 Å². The van der Waals surface area contributed by atoms with Crippen LogP contribution in [0, 0.1) is 13.8 Å². The molecule has 91 heavy (non-hydrogen) atoms. The standard InChI is InChI=1S/C81H68N4O6/c1-53-9-13-55(14-10-53)82(57-17-33-67(86-3)34-18-57)63-29-45-73-75-47-31-65(84(59-21-37-69(88-5)38-22-59)60-23-39-70(89-6)40-24-60)51-79(75)81(77(73)49-63)78-50-64(83(56-15-11-54(2)12-16-56)58-19-35-68(87-4)36-20-58)30-46-74(78)76-48-32-66(52-80(76)81)85(61-25-41-71(90-7)42-26-61)62-27-43-72(91-8)44-28-62/h9-52H,1-8H3. The summed E-state index contributed by atoms with van der Waals surface area (Å²) in [5.74, 6) is 4.64. The quantitative estimate of drug-likeness (QED) is 0.0830. The van der Waals surface area contributed by atoms with E-state index in [-0.39, 0.29) is 0 Å². The fraction of sp³-hybridized carbons (Fsp3) is 0.111. The topological polar surface area (TPSA) is 68.3 Å². The molecule has 12 aromatic carbocycles. The Balaban J connectivity index is 1.10. The highest BCUT2D eigenvalue weighted by Gasteiger charge is 2.53. The molecule has 12 aromatic rings. The molecule has 0 saturated carbocycles. The molecule has 0 heterocycles. The average Bonchev–Trinajstić information content (AvgIpc) is 1.51. The number of rotatable bonds is 18. The molecule has 0 amide bonds. The van der Waals surface area contributed by atoms with Crippen molar-refractivity contribution in [2.24, 2.45) is 0 Å². The number of methoxy groups -OCH3 is 6. The summed E-state index contributed by atoms with van der Waals surface area (Å²) in [6.45, 7) is 4.26. The summed E-state index contributed by atoms with van der Waals surface area (Å²) in [5, 5.41) is 0. The SMILES string of the molecule is COc1ccc(N(c2ccc(C)cc2)c2ccc3c(c2)C2(c4cc(N(c5ccc(C)cc5)c5ccc(OC)cc5)ccc4-c4ccc(N(c5ccc(OC)cc5)c5ccc(OC)cc5)cc42)c2cc(N(c4ccc(OC)cc4)c4ccc(OC)cc4)ccc2-3)cc1. The molecule has 2 aliphatic carbocycles. The Kier molecular flexibility index (Phi) is 15.1. The number of anilines is 12. The molecule has 0 N–H and O–H groups in total. The number of nitrogens with zero attached hydrogens (tertiary/aromatic N) is 4. The lowest BCUT2D eigenvalue weighted by atomic mass is 9.70. The van der Waals surface area contributed by atoms with Crippen molar-refractivity contribution in [2.45, 2.75) is 19.3 Å². The van der Waals surface area contributed by atoms with Crippen molar-refractivity contribution in [1.29, 1.82) is 0 Å². The van der Waals surface area contributed by atoms with Crippen LogP contribution in [0.2, 0.25) is 0 Å². The Bertz CT molecular complexity index is 4200. The van der Waals surface area contributed by atoms with Crippen LogP contribution in [0.1, 0.15) is 33.4 Å². The molecule has 0 radical (unpaired) electrons. The molecule has 448 valence electrons. The van der Waals surface area contributed by atoms with Gasteiger partial charge in [0.1, 0.15) is 34.5 Å². The van der Waals surface area contributed by atoms with Crippen LogP contribution in [-0.2, 0) is 5.41 Å². The van der Waals surface area contributed by atoms with Gasteiger partial charge in [-0.2, -0.15) is 0 Å². The van der Waals surface area contributed by atoms with Gasteiger partial charge in [0, 0.05) is 68.2 Å². The van der Waals surface area contributed by atoms with E-state index >= 15 is 0 Å². The molecule has 0 saturated heterocycles. The lowest BCUT2D eigenvalue weighted by Crippen LogP contribution is -2.27. The van der Waals surface area contributed by atoms with E-state index in [4.69, 9.17) is 28.4 Å². The van der Waals surface area contributed by atoms with E-state index in [2.05, 4.69) is 228 Å². The van der Waals surface area contributed by atoms with Crippen LogP contribution >= 0.6 is 0 Å². The molecule has 0 fully saturated rings. The number of aryl methyl sites for hydroxylation is 2. The van der Waals surface area contributed by atoms with Crippen molar-refractivity contribution in [3.8, 4) is 56.8 Å². The fourth-order valence-corrected chi connectivity index (χ4v) is 13.3. The Morgan fingerprint density at radius 2 is 0.352 bits per heavy atom. The third-order valence-electron chi connectivity index (χ3n) is 17.8. The molecule has 14 rings (SSSR count). The maximum absolute atomic E-state index is 5.75. The zero-order chi connectivity index (χ0) is 62.3. The number of hydrogen-bond donors (Lipinski definition) is 0. The molecule has 0 aliphatic heterocycles. The first kappa shape index (κ1) is 57.4. The second-order valence-corrected chi connectivity index (χ2v) is 22.9. The monoisotopic (exact) mass is 1190 g/mol. The first-order chi connectivity index (χ1) is 44.6. The minimum atomic E-state index is -0.970. The minimum absolute atomic E-state index is 0.769. The maximum atomic E-state index is 5.75. The van der Waals surface area contributed by atoms with Crippen LogP contribution in [0.25, 0.3) is 22.3 Å². The summed E-state index contributed by atoms with van der Waals surface area (Å²) in [4.78, 5) is 9.37. The molecule has 0 unspecified atom stereocenters. The molecule has 2 aliphatic rings. The first-order valence-electron chi connectivity index (χ1n) is 30.4. The van der Waals surface area contributed by atoms with Gasteiger partial charge in [0.25, 0.3) is 0 Å². The van der Waals surface area contributed by atoms with Crippen LogP contribution in [0.4, 0.5) is 68.2 Å². The van der Waals surface area contributed by atoms with Gasteiger partial charge in [0.15, 0.2) is 0 Å². The normalized spacial score (nSPS) is 12.0. The number of hydrogen-bond acceptors (Lipinski definition) is 10. The third-order valence-corrected chi connectivity index (χ3v) is 17.8. The Morgan fingerprint density at radius 3 is 0.516 bits per heavy atom. The van der Waals surface area contributed by atoms with Crippen molar-refractivity contribution < 1.29 is 28.4 Å². The van der Waals surface area contributed by atoms with Gasteiger partial charge in [-0.15, -0.1) is 0 Å². The van der Waals surface area contributed by atoms with Crippen LogP contribution in [-0.4, -0.2) is 42.7 Å². The lowest BCUT2D eigenvalue weighted by molar-refractivity contribution is 0.414. The summed E-state index contributed by atoms with van der Waals surface area (Å²) in [6, 6.07) is 95.6. The van der Waals surface area contributed by atoms with E-state index in [0.29, 0.717) is 0 Å². The second-order valence-electron chi connectivity index (χ2n) is 22.9. The van der Waals surface area contributed by atoms with E-state index in [1.165, 1.54) is 11.1 Å². The van der Waals surface area contributed by atoms with Gasteiger partial charge < -0.3 is 48.0 Å². The highest BCUT2D eigenvalue weighted by Crippen LogP contribution is 2.65. The van der Waals surface area contributed by atoms with Gasteiger partial charge in [0.2, 0.25) is 0 Å². The van der Waals surface area contributed by atoms with Gasteiger partial charge in [-0.25, -0.2) is 0 Å². The lowest BCUT2D eigenvalue weighted by Gasteiger charge is -2.35. The van der Waals surface area contributed by atoms with Crippen molar-refractivity contribution in [2.75, 3.05) is 62.3 Å². The molecule has 0 atom stereocenters. The first-order valence-corrected chi connectivity index (χ1v) is 30.4. The summed E-state index contributed by atoms with van der Waals surface area (Å²) in [5.41, 5.74) is 22.3.